The summed E-state index contributed by atoms with van der Waals surface area (Å²) in [5, 5.41) is 0. The van der Waals surface area contributed by atoms with Gasteiger partial charge in [0.05, 0.1) is 4.90 Å². The first kappa shape index (κ1) is 15.2. The highest BCUT2D eigenvalue weighted by molar-refractivity contribution is 9.11. The van der Waals surface area contributed by atoms with Crippen LogP contribution in [0.2, 0.25) is 0 Å². The zero-order valence-corrected chi connectivity index (χ0v) is 15.0. The molecule has 1 atom stereocenters. The van der Waals surface area contributed by atoms with Crippen LogP contribution in [-0.2, 0) is 16.4 Å². The molecule has 1 N–H and O–H groups in total. The molecule has 3 rings (SSSR count). The van der Waals surface area contributed by atoms with Gasteiger partial charge in [-0.05, 0) is 51.7 Å². The van der Waals surface area contributed by atoms with Crippen LogP contribution in [0.4, 0.5) is 0 Å². The van der Waals surface area contributed by atoms with Gasteiger partial charge in [0, 0.05) is 21.4 Å². The topological polar surface area (TPSA) is 46.2 Å². The number of rotatable bonds is 4. The Morgan fingerprint density at radius 2 is 1.90 bits per heavy atom. The Balaban J connectivity index is 1.73. The van der Waals surface area contributed by atoms with Crippen molar-refractivity contribution in [2.24, 2.45) is 0 Å². The van der Waals surface area contributed by atoms with E-state index in [-0.39, 0.29) is 10.8 Å². The first-order chi connectivity index (χ1) is 9.97. The number of sulfonamides is 1. The highest BCUT2D eigenvalue weighted by atomic mass is 79.9. The van der Waals surface area contributed by atoms with Gasteiger partial charge in [-0.15, -0.1) is 0 Å². The lowest BCUT2D eigenvalue weighted by Gasteiger charge is -2.30. The maximum absolute atomic E-state index is 12.4. The summed E-state index contributed by atoms with van der Waals surface area (Å²) in [6.07, 6.45) is 0.931. The standard InChI is InChI=1S/C15H13Br2NO2S/c16-12-5-6-15(14(17)8-12)21(19,20)18-9-11-7-10-3-1-2-4-13(10)11/h1-6,8,11,18H,7,9H2. The van der Waals surface area contributed by atoms with E-state index in [2.05, 4.69) is 48.7 Å². The summed E-state index contributed by atoms with van der Waals surface area (Å²) in [6, 6.07) is 13.2. The fourth-order valence-corrected chi connectivity index (χ4v) is 5.35. The molecule has 21 heavy (non-hydrogen) atoms. The molecule has 3 nitrogen and oxygen atoms in total. The first-order valence-corrected chi connectivity index (χ1v) is 9.57. The predicted octanol–water partition coefficient (Wildman–Crippen LogP) is 3.83. The van der Waals surface area contributed by atoms with Gasteiger partial charge in [-0.25, -0.2) is 13.1 Å². The van der Waals surface area contributed by atoms with Crippen LogP contribution in [0.3, 0.4) is 0 Å². The second-order valence-corrected chi connectivity index (χ2v) is 8.53. The van der Waals surface area contributed by atoms with Gasteiger partial charge >= 0.3 is 0 Å². The summed E-state index contributed by atoms with van der Waals surface area (Å²) in [6.45, 7) is 0.432. The number of halogens is 2. The lowest BCUT2D eigenvalue weighted by molar-refractivity contribution is 0.551. The average molecular weight is 431 g/mol. The summed E-state index contributed by atoms with van der Waals surface area (Å²) in [4.78, 5) is 0.262. The van der Waals surface area contributed by atoms with Crippen LogP contribution in [-0.4, -0.2) is 15.0 Å². The minimum absolute atomic E-state index is 0.262. The lowest BCUT2D eigenvalue weighted by atomic mass is 9.78. The van der Waals surface area contributed by atoms with Gasteiger partial charge in [-0.3, -0.25) is 0 Å². The Hall–Kier alpha value is -0.690. The normalized spacial score (nSPS) is 17.1. The van der Waals surface area contributed by atoms with Crippen molar-refractivity contribution < 1.29 is 8.42 Å². The van der Waals surface area contributed by atoms with Gasteiger partial charge in [0.25, 0.3) is 0 Å². The maximum atomic E-state index is 12.4. The Labute approximate surface area is 141 Å². The third-order valence-electron chi connectivity index (χ3n) is 3.66. The molecule has 0 spiro atoms. The fraction of sp³-hybridized carbons (Fsp3) is 0.200. The van der Waals surface area contributed by atoms with Crippen LogP contribution in [0, 0.1) is 0 Å². The van der Waals surface area contributed by atoms with Gasteiger partial charge in [0.2, 0.25) is 10.0 Å². The molecule has 1 aliphatic rings. The summed E-state index contributed by atoms with van der Waals surface area (Å²) in [5.41, 5.74) is 2.56. The van der Waals surface area contributed by atoms with Gasteiger partial charge in [0.15, 0.2) is 0 Å². The largest absolute Gasteiger partial charge is 0.241 e. The first-order valence-electron chi connectivity index (χ1n) is 6.50. The number of benzene rings is 2. The van der Waals surface area contributed by atoms with Gasteiger partial charge in [-0.2, -0.15) is 0 Å². The van der Waals surface area contributed by atoms with E-state index in [0.717, 1.165) is 10.9 Å². The quantitative estimate of drug-likeness (QED) is 0.801. The summed E-state index contributed by atoms with van der Waals surface area (Å²) < 4.78 is 28.8. The van der Waals surface area contributed by atoms with E-state index in [1.165, 1.54) is 11.1 Å². The number of fused-ring (bicyclic) bond motifs is 1. The van der Waals surface area contributed by atoms with Crippen LogP contribution >= 0.6 is 31.9 Å². The molecule has 110 valence electrons. The van der Waals surface area contributed by atoms with E-state index in [0.29, 0.717) is 11.0 Å². The molecule has 0 amide bonds. The molecule has 0 saturated heterocycles. The van der Waals surface area contributed by atoms with Crippen LogP contribution in [0.5, 0.6) is 0 Å². The zero-order chi connectivity index (χ0) is 15.0. The Kier molecular flexibility index (Phi) is 4.23. The van der Waals surface area contributed by atoms with E-state index >= 15 is 0 Å². The maximum Gasteiger partial charge on any atom is 0.241 e. The van der Waals surface area contributed by atoms with E-state index in [1.54, 1.807) is 18.2 Å². The lowest BCUT2D eigenvalue weighted by Crippen LogP contribution is -2.33. The molecule has 0 aromatic heterocycles. The van der Waals surface area contributed by atoms with Crippen LogP contribution in [0.1, 0.15) is 17.0 Å². The summed E-state index contributed by atoms with van der Waals surface area (Å²) in [7, 11) is -3.50. The van der Waals surface area contributed by atoms with Gasteiger partial charge in [0.1, 0.15) is 0 Å². The second-order valence-electron chi connectivity index (χ2n) is 5.03. The summed E-state index contributed by atoms with van der Waals surface area (Å²) in [5.74, 6) is 0.269. The molecule has 0 fully saturated rings. The van der Waals surface area contributed by atoms with Crippen LogP contribution in [0.25, 0.3) is 0 Å². The van der Waals surface area contributed by atoms with Crippen molar-refractivity contribution in [1.29, 1.82) is 0 Å². The molecule has 0 bridgehead atoms. The number of hydrogen-bond acceptors (Lipinski definition) is 2. The molecular weight excluding hydrogens is 418 g/mol. The van der Waals surface area contributed by atoms with Crippen molar-refractivity contribution in [3.8, 4) is 0 Å². The van der Waals surface area contributed by atoms with Crippen LogP contribution in [0.15, 0.2) is 56.3 Å². The van der Waals surface area contributed by atoms with Crippen molar-refractivity contribution in [1.82, 2.24) is 4.72 Å². The smallest absolute Gasteiger partial charge is 0.210 e. The zero-order valence-electron chi connectivity index (χ0n) is 11.0. The third-order valence-corrected chi connectivity index (χ3v) is 6.56. The molecule has 0 radical (unpaired) electrons. The third kappa shape index (κ3) is 3.08. The van der Waals surface area contributed by atoms with Crippen molar-refractivity contribution in [2.75, 3.05) is 6.54 Å². The monoisotopic (exact) mass is 429 g/mol. The van der Waals surface area contributed by atoms with Crippen molar-refractivity contribution in [2.45, 2.75) is 17.2 Å². The molecule has 1 aliphatic carbocycles. The number of nitrogens with one attached hydrogen (secondary N) is 1. The minimum Gasteiger partial charge on any atom is -0.210 e. The van der Waals surface area contributed by atoms with E-state index in [9.17, 15) is 8.42 Å². The Morgan fingerprint density at radius 3 is 2.62 bits per heavy atom. The van der Waals surface area contributed by atoms with Crippen LogP contribution < -0.4 is 4.72 Å². The Bertz CT molecular complexity index is 790. The molecule has 2 aromatic carbocycles. The highest BCUT2D eigenvalue weighted by Crippen LogP contribution is 2.34. The molecule has 0 saturated carbocycles. The molecule has 0 aliphatic heterocycles. The van der Waals surface area contributed by atoms with E-state index in [4.69, 9.17) is 0 Å². The van der Waals surface area contributed by atoms with Gasteiger partial charge < -0.3 is 0 Å². The Morgan fingerprint density at radius 1 is 1.14 bits per heavy atom. The van der Waals surface area contributed by atoms with Gasteiger partial charge in [-0.1, -0.05) is 40.2 Å². The molecule has 6 heteroatoms. The second kappa shape index (κ2) is 5.83. The fourth-order valence-electron chi connectivity index (χ4n) is 2.53. The van der Waals surface area contributed by atoms with E-state index in [1.807, 2.05) is 12.1 Å². The van der Waals surface area contributed by atoms with Crippen molar-refractivity contribution >= 4 is 41.9 Å². The van der Waals surface area contributed by atoms with E-state index < -0.39 is 10.0 Å². The summed E-state index contributed by atoms with van der Waals surface area (Å²) >= 11 is 6.62. The highest BCUT2D eigenvalue weighted by Gasteiger charge is 2.27. The molecular formula is C15H13Br2NO2S. The van der Waals surface area contributed by atoms with Crippen molar-refractivity contribution in [3.63, 3.8) is 0 Å². The average Bonchev–Trinajstić information content (AvgIpc) is 2.39. The van der Waals surface area contributed by atoms with Crippen molar-refractivity contribution in [3.05, 3.63) is 62.5 Å². The SMILES string of the molecule is O=S(=O)(NCC1Cc2ccccc21)c1ccc(Br)cc1Br. The predicted molar refractivity (Wildman–Crippen MR) is 89.9 cm³/mol. The number of hydrogen-bond donors (Lipinski definition) is 1. The molecule has 0 heterocycles. The minimum atomic E-state index is -3.50. The molecule has 2 aromatic rings. The molecule has 1 unspecified atom stereocenters.